The lowest BCUT2D eigenvalue weighted by Crippen LogP contribution is -2.30. The summed E-state index contributed by atoms with van der Waals surface area (Å²) in [6.45, 7) is 6.67. The summed E-state index contributed by atoms with van der Waals surface area (Å²) >= 11 is 0. The molecule has 0 amide bonds. The molecule has 0 unspecified atom stereocenters. The second-order valence-corrected chi connectivity index (χ2v) is 20.3. The molecule has 0 radical (unpaired) electrons. The van der Waals surface area contributed by atoms with Gasteiger partial charge in [0.25, 0.3) is 0 Å². The van der Waals surface area contributed by atoms with Crippen molar-refractivity contribution in [1.82, 2.24) is 0 Å². The van der Waals surface area contributed by atoms with E-state index in [9.17, 15) is 14.4 Å². The average Bonchev–Trinajstić information content (AvgIpc) is 3.33. The molecular weight excluding hydrogens is 829 g/mol. The van der Waals surface area contributed by atoms with Gasteiger partial charge in [-0.25, -0.2) is 0 Å². The number of ether oxygens (including phenoxy) is 3. The second-order valence-electron chi connectivity index (χ2n) is 20.3. The zero-order valence-corrected chi connectivity index (χ0v) is 45.2. The Morgan fingerprint density at radius 1 is 0.284 bits per heavy atom. The molecule has 0 aliphatic carbocycles. The van der Waals surface area contributed by atoms with Crippen LogP contribution in [0.25, 0.3) is 0 Å². The van der Waals surface area contributed by atoms with E-state index in [0.29, 0.717) is 19.3 Å². The maximum Gasteiger partial charge on any atom is 0.306 e. The van der Waals surface area contributed by atoms with Gasteiger partial charge < -0.3 is 14.2 Å². The van der Waals surface area contributed by atoms with Crippen molar-refractivity contribution in [2.75, 3.05) is 13.2 Å². The van der Waals surface area contributed by atoms with E-state index in [1.165, 1.54) is 225 Å². The van der Waals surface area contributed by atoms with E-state index in [4.69, 9.17) is 14.2 Å². The fraction of sp³-hybridized carbons (Fsp3) is 0.885. The number of rotatable bonds is 55. The monoisotopic (exact) mass is 943 g/mol. The van der Waals surface area contributed by atoms with Gasteiger partial charge in [0, 0.05) is 19.3 Å². The van der Waals surface area contributed by atoms with Crippen LogP contribution in [0.4, 0.5) is 0 Å². The lowest BCUT2D eigenvalue weighted by atomic mass is 10.0. The minimum atomic E-state index is -0.770. The molecule has 0 saturated heterocycles. The van der Waals surface area contributed by atoms with Gasteiger partial charge in [0.2, 0.25) is 0 Å². The van der Waals surface area contributed by atoms with Crippen molar-refractivity contribution in [3.05, 3.63) is 24.3 Å². The quantitative estimate of drug-likeness (QED) is 0.0262. The molecule has 394 valence electrons. The van der Waals surface area contributed by atoms with E-state index in [2.05, 4.69) is 45.1 Å². The Labute approximate surface area is 417 Å². The van der Waals surface area contributed by atoms with Crippen LogP contribution >= 0.6 is 0 Å². The van der Waals surface area contributed by atoms with Crippen molar-refractivity contribution in [3.8, 4) is 0 Å². The first kappa shape index (κ1) is 64.9. The maximum atomic E-state index is 12.8. The number of carbonyl (C=O) groups excluding carboxylic acids is 3. The highest BCUT2D eigenvalue weighted by atomic mass is 16.6. The van der Waals surface area contributed by atoms with Gasteiger partial charge in [-0.05, 0) is 70.6 Å². The minimum Gasteiger partial charge on any atom is -0.462 e. The third-order valence-corrected chi connectivity index (χ3v) is 13.4. The molecule has 67 heavy (non-hydrogen) atoms. The van der Waals surface area contributed by atoms with Crippen molar-refractivity contribution >= 4 is 17.9 Å². The Balaban J connectivity index is 4.28. The highest BCUT2D eigenvalue weighted by Crippen LogP contribution is 2.17. The number of esters is 3. The predicted molar refractivity (Wildman–Crippen MR) is 289 cm³/mol. The fourth-order valence-corrected chi connectivity index (χ4v) is 8.91. The van der Waals surface area contributed by atoms with Crippen molar-refractivity contribution in [2.45, 2.75) is 335 Å². The maximum absolute atomic E-state index is 12.8. The number of carbonyl (C=O) groups is 3. The number of hydrogen-bond acceptors (Lipinski definition) is 6. The van der Waals surface area contributed by atoms with Crippen molar-refractivity contribution < 1.29 is 28.6 Å². The molecule has 0 spiro atoms. The first-order valence-corrected chi connectivity index (χ1v) is 29.8. The van der Waals surface area contributed by atoms with Crippen LogP contribution in [-0.2, 0) is 28.6 Å². The van der Waals surface area contributed by atoms with Crippen molar-refractivity contribution in [1.29, 1.82) is 0 Å². The Hall–Kier alpha value is -2.11. The smallest absolute Gasteiger partial charge is 0.306 e. The van der Waals surface area contributed by atoms with E-state index >= 15 is 0 Å². The molecule has 6 heteroatoms. The Morgan fingerprint density at radius 2 is 0.493 bits per heavy atom. The van der Waals surface area contributed by atoms with Crippen LogP contribution in [0.1, 0.15) is 329 Å². The van der Waals surface area contributed by atoms with Crippen LogP contribution in [-0.4, -0.2) is 37.2 Å². The highest BCUT2D eigenvalue weighted by Gasteiger charge is 2.19. The molecule has 0 rings (SSSR count). The normalized spacial score (nSPS) is 12.1. The molecule has 0 heterocycles. The van der Waals surface area contributed by atoms with Gasteiger partial charge in [0.05, 0.1) is 0 Å². The summed E-state index contributed by atoms with van der Waals surface area (Å²) in [6, 6.07) is 0. The summed E-state index contributed by atoms with van der Waals surface area (Å²) in [7, 11) is 0. The van der Waals surface area contributed by atoms with Crippen LogP contribution in [0.15, 0.2) is 24.3 Å². The van der Waals surface area contributed by atoms with Crippen LogP contribution in [0, 0.1) is 0 Å². The summed E-state index contributed by atoms with van der Waals surface area (Å²) in [5.41, 5.74) is 0. The molecule has 0 aliphatic rings. The van der Waals surface area contributed by atoms with Gasteiger partial charge in [-0.2, -0.15) is 0 Å². The molecule has 0 aliphatic heterocycles. The number of hydrogen-bond donors (Lipinski definition) is 0. The minimum absolute atomic E-state index is 0.0696. The largest absolute Gasteiger partial charge is 0.462 e. The summed E-state index contributed by atoms with van der Waals surface area (Å²) < 4.78 is 16.9. The Morgan fingerprint density at radius 3 is 0.746 bits per heavy atom. The van der Waals surface area contributed by atoms with Gasteiger partial charge in [0.1, 0.15) is 13.2 Å². The third-order valence-electron chi connectivity index (χ3n) is 13.4. The molecule has 0 aromatic rings. The molecule has 6 nitrogen and oxygen atoms in total. The van der Waals surface area contributed by atoms with Crippen LogP contribution < -0.4 is 0 Å². The standard InChI is InChI=1S/C61H114O6/c1-4-7-10-13-16-19-22-25-27-28-29-30-31-32-34-37-39-42-45-48-51-54-60(63)66-57-58(67-61(64)55-52-49-46-43-40-35-24-21-18-15-12-9-6-3)56-65-59(62)53-50-47-44-41-38-36-33-26-23-20-17-14-11-8-5-2/h25-27,33,58H,4-24,28-32,34-57H2,1-3H3/b27-25-,33-26-/t58-/m0/s1. The molecule has 0 aromatic carbocycles. The molecule has 0 saturated carbocycles. The van der Waals surface area contributed by atoms with Crippen LogP contribution in [0.2, 0.25) is 0 Å². The molecule has 0 bridgehead atoms. The van der Waals surface area contributed by atoms with Gasteiger partial charge in [-0.3, -0.25) is 14.4 Å². The summed E-state index contributed by atoms with van der Waals surface area (Å²) in [5, 5.41) is 0. The molecular formula is C61H114O6. The van der Waals surface area contributed by atoms with Crippen molar-refractivity contribution in [2.24, 2.45) is 0 Å². The Kier molecular flexibility index (Phi) is 54.7. The first-order valence-electron chi connectivity index (χ1n) is 29.8. The molecule has 0 fully saturated rings. The van der Waals surface area contributed by atoms with E-state index in [-0.39, 0.29) is 31.1 Å². The van der Waals surface area contributed by atoms with E-state index in [0.717, 1.165) is 64.2 Å². The number of unbranched alkanes of at least 4 members (excludes halogenated alkanes) is 40. The molecule has 1 atom stereocenters. The van der Waals surface area contributed by atoms with Crippen LogP contribution in [0.5, 0.6) is 0 Å². The zero-order chi connectivity index (χ0) is 48.6. The fourth-order valence-electron chi connectivity index (χ4n) is 8.91. The lowest BCUT2D eigenvalue weighted by Gasteiger charge is -2.18. The molecule has 0 aromatic heterocycles. The second kappa shape index (κ2) is 56.5. The highest BCUT2D eigenvalue weighted by molar-refractivity contribution is 5.71. The molecule has 0 N–H and O–H groups in total. The van der Waals surface area contributed by atoms with E-state index in [1.54, 1.807) is 0 Å². The summed E-state index contributed by atoms with van der Waals surface area (Å²) in [5.74, 6) is -0.858. The third kappa shape index (κ3) is 54.7. The lowest BCUT2D eigenvalue weighted by molar-refractivity contribution is -0.167. The SMILES string of the molecule is CCCCCCCC/C=C\CCCCCCCCCCCCCC(=O)OC[C@H](COC(=O)CCCCCCC/C=C\CCCCCCCC)OC(=O)CCCCCCCCCCCCCCC. The van der Waals surface area contributed by atoms with E-state index < -0.39 is 6.10 Å². The summed E-state index contributed by atoms with van der Waals surface area (Å²) in [4.78, 5) is 38.1. The van der Waals surface area contributed by atoms with Gasteiger partial charge >= 0.3 is 17.9 Å². The average molecular weight is 944 g/mol. The zero-order valence-electron chi connectivity index (χ0n) is 45.2. The van der Waals surface area contributed by atoms with Gasteiger partial charge in [-0.1, -0.05) is 263 Å². The first-order chi connectivity index (χ1) is 33.0. The van der Waals surface area contributed by atoms with Gasteiger partial charge in [-0.15, -0.1) is 0 Å². The van der Waals surface area contributed by atoms with Crippen molar-refractivity contribution in [3.63, 3.8) is 0 Å². The topological polar surface area (TPSA) is 78.9 Å². The van der Waals surface area contributed by atoms with Crippen LogP contribution in [0.3, 0.4) is 0 Å². The van der Waals surface area contributed by atoms with E-state index in [1.807, 2.05) is 0 Å². The Bertz CT molecular complexity index is 1080. The number of allylic oxidation sites excluding steroid dienone is 4. The van der Waals surface area contributed by atoms with Gasteiger partial charge in [0.15, 0.2) is 6.10 Å². The predicted octanol–water partition coefficient (Wildman–Crippen LogP) is 19.9. The summed E-state index contributed by atoms with van der Waals surface area (Å²) in [6.07, 6.45) is 66.0.